The molecule has 2 fully saturated rings. The van der Waals surface area contributed by atoms with Crippen molar-refractivity contribution in [3.63, 3.8) is 0 Å². The van der Waals surface area contributed by atoms with E-state index in [1.807, 2.05) is 19.1 Å². The molecule has 2 N–H and O–H groups in total. The number of amides is 4. The smallest absolute Gasteiger partial charge is 0.325 e. The summed E-state index contributed by atoms with van der Waals surface area (Å²) < 4.78 is 0. The molecule has 158 valence electrons. The standard InChI is InChI=1S/C22H30ClN3O3/c1-14(15-5-7-17(23)8-6-15)24-18(27)13-26-19(28)22(25-20(26)29)11-9-16(10-12-22)21(2,3)4/h5-8,14,16H,9-13H2,1-4H3,(H,24,27)(H,25,29). The van der Waals surface area contributed by atoms with E-state index in [2.05, 4.69) is 31.4 Å². The molecule has 1 saturated heterocycles. The van der Waals surface area contributed by atoms with Crippen LogP contribution in [0.15, 0.2) is 24.3 Å². The molecule has 0 aromatic heterocycles. The predicted octanol–water partition coefficient (Wildman–Crippen LogP) is 4.04. The molecule has 1 unspecified atom stereocenters. The third kappa shape index (κ3) is 4.58. The van der Waals surface area contributed by atoms with Crippen LogP contribution in [-0.2, 0) is 9.59 Å². The molecule has 4 amide bonds. The summed E-state index contributed by atoms with van der Waals surface area (Å²) in [5, 5.41) is 6.35. The molecular weight excluding hydrogens is 390 g/mol. The van der Waals surface area contributed by atoms with Crippen LogP contribution in [-0.4, -0.2) is 34.8 Å². The molecule has 2 aliphatic rings. The van der Waals surface area contributed by atoms with Crippen molar-refractivity contribution in [2.45, 2.75) is 65.0 Å². The molecule has 1 heterocycles. The quantitative estimate of drug-likeness (QED) is 0.723. The van der Waals surface area contributed by atoms with Crippen LogP contribution in [0, 0.1) is 11.3 Å². The van der Waals surface area contributed by atoms with Gasteiger partial charge in [0.05, 0.1) is 6.04 Å². The lowest BCUT2D eigenvalue weighted by molar-refractivity contribution is -0.136. The van der Waals surface area contributed by atoms with Gasteiger partial charge in [0.2, 0.25) is 5.91 Å². The number of carbonyl (C=O) groups is 3. The second-order valence-corrected chi connectivity index (χ2v) is 9.82. The highest BCUT2D eigenvalue weighted by molar-refractivity contribution is 6.30. The van der Waals surface area contributed by atoms with Gasteiger partial charge in [-0.15, -0.1) is 0 Å². The van der Waals surface area contributed by atoms with Crippen LogP contribution in [0.3, 0.4) is 0 Å². The van der Waals surface area contributed by atoms with Gasteiger partial charge in [-0.05, 0) is 61.6 Å². The molecule has 3 rings (SSSR count). The monoisotopic (exact) mass is 419 g/mol. The van der Waals surface area contributed by atoms with E-state index in [0.29, 0.717) is 23.8 Å². The summed E-state index contributed by atoms with van der Waals surface area (Å²) in [5.74, 6) is -0.115. The first-order valence-electron chi connectivity index (χ1n) is 10.2. The summed E-state index contributed by atoms with van der Waals surface area (Å²) in [6.07, 6.45) is 3.03. The minimum absolute atomic E-state index is 0.185. The van der Waals surface area contributed by atoms with Crippen molar-refractivity contribution in [1.82, 2.24) is 15.5 Å². The molecule has 6 nitrogen and oxygen atoms in total. The molecule has 29 heavy (non-hydrogen) atoms. The number of benzene rings is 1. The fraction of sp³-hybridized carbons (Fsp3) is 0.591. The Labute approximate surface area is 177 Å². The van der Waals surface area contributed by atoms with Gasteiger partial charge < -0.3 is 10.6 Å². The van der Waals surface area contributed by atoms with Gasteiger partial charge in [0.1, 0.15) is 12.1 Å². The van der Waals surface area contributed by atoms with Crippen LogP contribution in [0.2, 0.25) is 5.02 Å². The summed E-state index contributed by atoms with van der Waals surface area (Å²) in [4.78, 5) is 39.0. The molecule has 7 heteroatoms. The molecular formula is C22H30ClN3O3. The van der Waals surface area contributed by atoms with Crippen molar-refractivity contribution in [3.05, 3.63) is 34.9 Å². The lowest BCUT2D eigenvalue weighted by Gasteiger charge is -2.40. The maximum Gasteiger partial charge on any atom is 0.325 e. The van der Waals surface area contributed by atoms with Crippen LogP contribution in [0.4, 0.5) is 4.79 Å². The lowest BCUT2D eigenvalue weighted by Crippen LogP contribution is -2.51. The summed E-state index contributed by atoms with van der Waals surface area (Å²) in [6, 6.07) is 6.46. The largest absolute Gasteiger partial charge is 0.348 e. The average molecular weight is 420 g/mol. The number of hydrogen-bond acceptors (Lipinski definition) is 3. The Balaban J connectivity index is 1.60. The van der Waals surface area contributed by atoms with Gasteiger partial charge in [-0.3, -0.25) is 14.5 Å². The van der Waals surface area contributed by atoms with Gasteiger partial charge in [0.25, 0.3) is 5.91 Å². The van der Waals surface area contributed by atoms with Crippen molar-refractivity contribution < 1.29 is 14.4 Å². The highest BCUT2D eigenvalue weighted by Crippen LogP contribution is 2.43. The summed E-state index contributed by atoms with van der Waals surface area (Å²) in [5.41, 5.74) is 0.239. The molecule has 1 aliphatic carbocycles. The third-order valence-electron chi connectivity index (χ3n) is 6.36. The zero-order chi connectivity index (χ0) is 21.4. The van der Waals surface area contributed by atoms with Gasteiger partial charge in [0.15, 0.2) is 0 Å². The van der Waals surface area contributed by atoms with E-state index < -0.39 is 11.6 Å². The number of halogens is 1. The number of nitrogens with zero attached hydrogens (tertiary/aromatic N) is 1. The normalized spacial score (nSPS) is 25.8. The molecule has 0 bridgehead atoms. The third-order valence-corrected chi connectivity index (χ3v) is 6.61. The Kier molecular flexibility index (Phi) is 5.95. The Morgan fingerprint density at radius 2 is 1.83 bits per heavy atom. The second-order valence-electron chi connectivity index (χ2n) is 9.38. The highest BCUT2D eigenvalue weighted by Gasteiger charge is 2.53. The van der Waals surface area contributed by atoms with Crippen molar-refractivity contribution in [1.29, 1.82) is 0 Å². The van der Waals surface area contributed by atoms with E-state index in [1.54, 1.807) is 12.1 Å². The van der Waals surface area contributed by atoms with Crippen LogP contribution < -0.4 is 10.6 Å². The molecule has 1 aromatic rings. The predicted molar refractivity (Wildman–Crippen MR) is 112 cm³/mol. The summed E-state index contributed by atoms with van der Waals surface area (Å²) in [6.45, 7) is 8.21. The van der Waals surface area contributed by atoms with Crippen molar-refractivity contribution in [3.8, 4) is 0 Å². The number of carbonyl (C=O) groups excluding carboxylic acids is 3. The van der Waals surface area contributed by atoms with Gasteiger partial charge in [0, 0.05) is 5.02 Å². The zero-order valence-electron chi connectivity index (χ0n) is 17.5. The fourth-order valence-corrected chi connectivity index (χ4v) is 4.53. The molecule has 0 radical (unpaired) electrons. The topological polar surface area (TPSA) is 78.5 Å². The van der Waals surface area contributed by atoms with Gasteiger partial charge in [-0.25, -0.2) is 4.79 Å². The van der Waals surface area contributed by atoms with Crippen LogP contribution in [0.25, 0.3) is 0 Å². The van der Waals surface area contributed by atoms with E-state index >= 15 is 0 Å². The molecule has 1 aliphatic heterocycles. The van der Waals surface area contributed by atoms with Gasteiger partial charge in [-0.1, -0.05) is 44.5 Å². The van der Waals surface area contributed by atoms with E-state index in [1.165, 1.54) is 0 Å². The average Bonchev–Trinajstić information content (AvgIpc) is 2.86. The van der Waals surface area contributed by atoms with Gasteiger partial charge >= 0.3 is 6.03 Å². The molecule has 1 atom stereocenters. The van der Waals surface area contributed by atoms with Crippen LogP contribution in [0.1, 0.15) is 65.0 Å². The molecule has 1 saturated carbocycles. The first kappa shape index (κ1) is 21.6. The number of rotatable bonds is 4. The number of urea groups is 1. The Bertz CT molecular complexity index is 793. The lowest BCUT2D eigenvalue weighted by atomic mass is 9.67. The minimum atomic E-state index is -0.846. The Hall–Kier alpha value is -2.08. The molecule has 1 aromatic carbocycles. The molecule has 1 spiro atoms. The van der Waals surface area contributed by atoms with Crippen molar-refractivity contribution in [2.75, 3.05) is 6.54 Å². The van der Waals surface area contributed by atoms with Crippen molar-refractivity contribution >= 4 is 29.4 Å². The van der Waals surface area contributed by atoms with Crippen LogP contribution in [0.5, 0.6) is 0 Å². The minimum Gasteiger partial charge on any atom is -0.348 e. The number of nitrogens with one attached hydrogen (secondary N) is 2. The number of imide groups is 1. The van der Waals surface area contributed by atoms with Crippen molar-refractivity contribution in [2.24, 2.45) is 11.3 Å². The first-order chi connectivity index (χ1) is 13.5. The Morgan fingerprint density at radius 3 is 2.38 bits per heavy atom. The van der Waals surface area contributed by atoms with E-state index in [-0.39, 0.29) is 29.8 Å². The SMILES string of the molecule is CC(NC(=O)CN1C(=O)NC2(CCC(C(C)(C)C)CC2)C1=O)c1ccc(Cl)cc1. The van der Waals surface area contributed by atoms with E-state index in [4.69, 9.17) is 11.6 Å². The second kappa shape index (κ2) is 7.98. The first-order valence-corrected chi connectivity index (χ1v) is 10.6. The number of hydrogen-bond donors (Lipinski definition) is 2. The van der Waals surface area contributed by atoms with Crippen LogP contribution >= 0.6 is 11.6 Å². The maximum atomic E-state index is 13.0. The highest BCUT2D eigenvalue weighted by atomic mass is 35.5. The van der Waals surface area contributed by atoms with E-state index in [9.17, 15) is 14.4 Å². The summed E-state index contributed by atoms with van der Waals surface area (Å²) >= 11 is 5.90. The van der Waals surface area contributed by atoms with Gasteiger partial charge in [-0.2, -0.15) is 0 Å². The fourth-order valence-electron chi connectivity index (χ4n) is 4.40. The summed E-state index contributed by atoms with van der Waals surface area (Å²) in [7, 11) is 0. The van der Waals surface area contributed by atoms with E-state index in [0.717, 1.165) is 23.3 Å². The Morgan fingerprint density at radius 1 is 1.24 bits per heavy atom. The zero-order valence-corrected chi connectivity index (χ0v) is 18.3. The maximum absolute atomic E-state index is 13.0.